The molecule has 4 aliphatic rings. The van der Waals surface area contributed by atoms with Crippen LogP contribution in [0.15, 0.2) is 29.6 Å². The van der Waals surface area contributed by atoms with Gasteiger partial charge in [0.1, 0.15) is 0 Å². The highest BCUT2D eigenvalue weighted by atomic mass is 32.1. The van der Waals surface area contributed by atoms with E-state index in [2.05, 4.69) is 51.7 Å². The number of hydrogen-bond acceptors (Lipinski definition) is 5. The third kappa shape index (κ3) is 2.77. The number of likely N-dealkylation sites (tertiary alicyclic amines) is 1. The first-order chi connectivity index (χ1) is 12.7. The van der Waals surface area contributed by atoms with Gasteiger partial charge in [0.15, 0.2) is 5.13 Å². The van der Waals surface area contributed by atoms with E-state index in [1.54, 1.807) is 11.3 Å². The summed E-state index contributed by atoms with van der Waals surface area (Å²) in [6.07, 6.45) is 2.74. The van der Waals surface area contributed by atoms with Crippen molar-refractivity contribution in [2.24, 2.45) is 5.92 Å². The topological polar surface area (TPSA) is 31.4 Å². The second-order valence-electron chi connectivity index (χ2n) is 8.20. The minimum absolute atomic E-state index is 0.631. The number of rotatable bonds is 4. The highest BCUT2D eigenvalue weighted by Crippen LogP contribution is 2.47. The van der Waals surface area contributed by atoms with Gasteiger partial charge in [-0.25, -0.2) is 4.98 Å². The van der Waals surface area contributed by atoms with Crippen LogP contribution in [0.25, 0.3) is 0 Å². The molecule has 4 nitrogen and oxygen atoms in total. The van der Waals surface area contributed by atoms with Crippen LogP contribution in [0.5, 0.6) is 0 Å². The highest BCUT2D eigenvalue weighted by Gasteiger charge is 2.53. The summed E-state index contributed by atoms with van der Waals surface area (Å²) in [5.74, 6) is 1.49. The molecule has 0 aliphatic carbocycles. The molecule has 2 bridgehead atoms. The fourth-order valence-corrected chi connectivity index (χ4v) is 6.19. The fourth-order valence-electron chi connectivity index (χ4n) is 5.53. The molecule has 5 heterocycles. The minimum Gasteiger partial charge on any atom is -0.365 e. The van der Waals surface area contributed by atoms with Crippen LogP contribution in [0.2, 0.25) is 0 Å². The number of hydrogen-bond donors (Lipinski definition) is 1. The van der Waals surface area contributed by atoms with E-state index in [0.717, 1.165) is 24.1 Å². The van der Waals surface area contributed by atoms with Gasteiger partial charge >= 0.3 is 0 Å². The molecule has 0 spiro atoms. The van der Waals surface area contributed by atoms with Crippen molar-refractivity contribution < 1.29 is 0 Å². The molecule has 26 heavy (non-hydrogen) atoms. The van der Waals surface area contributed by atoms with E-state index in [4.69, 9.17) is 4.98 Å². The summed E-state index contributed by atoms with van der Waals surface area (Å²) in [7, 11) is 1.95. The summed E-state index contributed by atoms with van der Waals surface area (Å²) >= 11 is 1.72. The first-order valence-electron chi connectivity index (χ1n) is 9.90. The Hall–Kier alpha value is -1.43. The molecule has 4 saturated heterocycles. The lowest BCUT2D eigenvalue weighted by Gasteiger charge is -2.51. The second-order valence-corrected chi connectivity index (χ2v) is 9.05. The maximum atomic E-state index is 4.75. The van der Waals surface area contributed by atoms with Crippen molar-refractivity contribution in [3.8, 4) is 0 Å². The normalized spacial score (nSPS) is 33.4. The quantitative estimate of drug-likeness (QED) is 0.894. The van der Waals surface area contributed by atoms with Gasteiger partial charge in [0.05, 0.1) is 5.69 Å². The average molecular weight is 369 g/mol. The molecule has 5 heteroatoms. The van der Waals surface area contributed by atoms with Crippen molar-refractivity contribution in [2.45, 2.75) is 44.3 Å². The van der Waals surface area contributed by atoms with E-state index in [9.17, 15) is 0 Å². The van der Waals surface area contributed by atoms with Crippen LogP contribution in [0, 0.1) is 12.8 Å². The molecule has 1 N–H and O–H groups in total. The lowest BCUT2D eigenvalue weighted by Crippen LogP contribution is -2.59. The van der Waals surface area contributed by atoms with E-state index in [-0.39, 0.29) is 0 Å². The third-order valence-electron chi connectivity index (χ3n) is 6.73. The molecule has 1 aromatic heterocycles. The summed E-state index contributed by atoms with van der Waals surface area (Å²) in [5, 5.41) is 6.43. The van der Waals surface area contributed by atoms with Crippen LogP contribution < -0.4 is 5.32 Å². The van der Waals surface area contributed by atoms with E-state index in [0.29, 0.717) is 18.0 Å². The maximum Gasteiger partial charge on any atom is 0.182 e. The molecule has 138 valence electrons. The number of thiazole rings is 1. The molecule has 0 unspecified atom stereocenters. The Morgan fingerprint density at radius 3 is 2.62 bits per heavy atom. The van der Waals surface area contributed by atoms with E-state index in [1.165, 1.54) is 42.8 Å². The zero-order chi connectivity index (χ0) is 17.7. The number of benzene rings is 1. The second kappa shape index (κ2) is 6.63. The molecular formula is C21H28N4S. The number of piperidine rings is 3. The summed E-state index contributed by atoms with van der Waals surface area (Å²) in [6.45, 7) is 6.93. The van der Waals surface area contributed by atoms with Crippen molar-refractivity contribution in [3.63, 3.8) is 0 Å². The van der Waals surface area contributed by atoms with Gasteiger partial charge < -0.3 is 5.32 Å². The van der Waals surface area contributed by atoms with Crippen molar-refractivity contribution in [3.05, 3.63) is 46.5 Å². The molecule has 1 aromatic carbocycles. The van der Waals surface area contributed by atoms with E-state index >= 15 is 0 Å². The first-order valence-corrected chi connectivity index (χ1v) is 10.8. The number of aryl methyl sites for hydroxylation is 1. The average Bonchev–Trinajstić information content (AvgIpc) is 3.30. The Kier molecular flexibility index (Phi) is 4.26. The van der Waals surface area contributed by atoms with Gasteiger partial charge in [-0.05, 0) is 44.3 Å². The van der Waals surface area contributed by atoms with Crippen LogP contribution >= 0.6 is 11.3 Å². The van der Waals surface area contributed by atoms with Crippen LogP contribution in [-0.4, -0.2) is 53.5 Å². The first kappa shape index (κ1) is 16.7. The maximum absolute atomic E-state index is 4.75. The molecule has 6 rings (SSSR count). The van der Waals surface area contributed by atoms with Gasteiger partial charge in [0.25, 0.3) is 0 Å². The smallest absolute Gasteiger partial charge is 0.182 e. The third-order valence-corrected chi connectivity index (χ3v) is 7.64. The van der Waals surface area contributed by atoms with Crippen LogP contribution in [0.3, 0.4) is 0 Å². The predicted octanol–water partition coefficient (Wildman–Crippen LogP) is 3.56. The SMILES string of the molecule is CNc1nc(CN2C[C@@H](c3ccc(C)cc3)[C@@H]3[C@H]2C2CCN3CC2)cs1. The lowest BCUT2D eigenvalue weighted by molar-refractivity contribution is -0.00893. The number of aromatic nitrogens is 1. The molecular weight excluding hydrogens is 340 g/mol. The van der Waals surface area contributed by atoms with Gasteiger partial charge in [-0.2, -0.15) is 0 Å². The molecule has 4 fully saturated rings. The summed E-state index contributed by atoms with van der Waals surface area (Å²) in [5.41, 5.74) is 4.10. The van der Waals surface area contributed by atoms with Gasteiger partial charge in [0, 0.05) is 43.5 Å². The minimum atomic E-state index is 0.631. The van der Waals surface area contributed by atoms with Gasteiger partial charge in [-0.3, -0.25) is 9.80 Å². The Labute approximate surface area is 160 Å². The molecule has 0 radical (unpaired) electrons. The van der Waals surface area contributed by atoms with Gasteiger partial charge in [-0.1, -0.05) is 29.8 Å². The monoisotopic (exact) mass is 368 g/mol. The molecule has 0 saturated carbocycles. The van der Waals surface area contributed by atoms with Crippen molar-refractivity contribution in [2.75, 3.05) is 32.0 Å². The Morgan fingerprint density at radius 1 is 1.15 bits per heavy atom. The number of nitrogens with one attached hydrogen (secondary N) is 1. The standard InChI is InChI=1S/C21H28N4S/c1-14-3-5-15(6-4-14)18-12-25(11-17-13-26-21(22-2)23-17)19-16-7-9-24(10-8-16)20(18)19/h3-6,13,16,18-20H,7-12H2,1-2H3,(H,22,23)/t18-,19+,20+/m0/s1. The van der Waals surface area contributed by atoms with Crippen LogP contribution in [-0.2, 0) is 6.54 Å². The molecule has 0 amide bonds. The van der Waals surface area contributed by atoms with Crippen LogP contribution in [0.1, 0.15) is 35.6 Å². The highest BCUT2D eigenvalue weighted by molar-refractivity contribution is 7.13. The zero-order valence-corrected chi connectivity index (χ0v) is 16.5. The lowest BCUT2D eigenvalue weighted by atomic mass is 9.75. The predicted molar refractivity (Wildman–Crippen MR) is 108 cm³/mol. The van der Waals surface area contributed by atoms with Gasteiger partial charge in [0.2, 0.25) is 0 Å². The van der Waals surface area contributed by atoms with Crippen molar-refractivity contribution in [1.29, 1.82) is 0 Å². The van der Waals surface area contributed by atoms with Gasteiger partial charge in [-0.15, -0.1) is 11.3 Å². The van der Waals surface area contributed by atoms with E-state index in [1.807, 2.05) is 7.05 Å². The Bertz CT molecular complexity index is 763. The molecule has 3 atom stereocenters. The zero-order valence-electron chi connectivity index (χ0n) is 15.7. The fraction of sp³-hybridized carbons (Fsp3) is 0.571. The largest absolute Gasteiger partial charge is 0.365 e. The van der Waals surface area contributed by atoms with Crippen molar-refractivity contribution >= 4 is 16.5 Å². The summed E-state index contributed by atoms with van der Waals surface area (Å²) in [4.78, 5) is 10.3. The van der Waals surface area contributed by atoms with Crippen molar-refractivity contribution in [1.82, 2.24) is 14.8 Å². The summed E-state index contributed by atoms with van der Waals surface area (Å²) in [6, 6.07) is 10.7. The number of fused-ring (bicyclic) bond motifs is 2. The Balaban J connectivity index is 1.45. The number of nitrogens with zero attached hydrogens (tertiary/aromatic N) is 3. The van der Waals surface area contributed by atoms with E-state index < -0.39 is 0 Å². The summed E-state index contributed by atoms with van der Waals surface area (Å²) < 4.78 is 0. The molecule has 4 aliphatic heterocycles. The number of anilines is 1. The molecule has 2 aromatic rings. The van der Waals surface area contributed by atoms with Crippen LogP contribution in [0.4, 0.5) is 5.13 Å². The Morgan fingerprint density at radius 2 is 1.92 bits per heavy atom.